The molecular formula is C15H21NO2. The Kier molecular flexibility index (Phi) is 4.65. The van der Waals surface area contributed by atoms with Gasteiger partial charge in [0.25, 0.3) is 0 Å². The van der Waals surface area contributed by atoms with Gasteiger partial charge in [-0.25, -0.2) is 0 Å². The maximum absolute atomic E-state index is 5.84. The van der Waals surface area contributed by atoms with Crippen molar-refractivity contribution >= 4 is 0 Å². The molecule has 3 heteroatoms. The summed E-state index contributed by atoms with van der Waals surface area (Å²) in [5, 5.41) is 3.51. The smallest absolute Gasteiger partial charge is 0.121 e. The zero-order valence-corrected chi connectivity index (χ0v) is 11.1. The average molecular weight is 247 g/mol. The molecule has 1 atom stereocenters. The van der Waals surface area contributed by atoms with Crippen molar-refractivity contribution in [1.29, 1.82) is 0 Å². The van der Waals surface area contributed by atoms with Crippen LogP contribution in [-0.2, 0) is 12.8 Å². The second-order valence-electron chi connectivity index (χ2n) is 4.45. The van der Waals surface area contributed by atoms with Crippen LogP contribution in [0.1, 0.15) is 43.6 Å². The van der Waals surface area contributed by atoms with Gasteiger partial charge in [0, 0.05) is 12.8 Å². The fraction of sp³-hybridized carbons (Fsp3) is 0.467. The first-order valence-electron chi connectivity index (χ1n) is 6.67. The lowest BCUT2D eigenvalue weighted by Gasteiger charge is -2.15. The SMILES string of the molecule is CCCNC(Cc1ccco1)c1ccc(CC)o1. The lowest BCUT2D eigenvalue weighted by Crippen LogP contribution is -2.23. The Morgan fingerprint density at radius 2 is 2.06 bits per heavy atom. The van der Waals surface area contributed by atoms with Gasteiger partial charge in [-0.05, 0) is 37.2 Å². The van der Waals surface area contributed by atoms with Crippen LogP contribution in [0.2, 0.25) is 0 Å². The zero-order valence-electron chi connectivity index (χ0n) is 11.1. The maximum Gasteiger partial charge on any atom is 0.121 e. The van der Waals surface area contributed by atoms with Crippen molar-refractivity contribution in [3.63, 3.8) is 0 Å². The molecule has 0 amide bonds. The predicted octanol–water partition coefficient (Wildman–Crippen LogP) is 3.72. The topological polar surface area (TPSA) is 38.3 Å². The normalized spacial score (nSPS) is 12.8. The fourth-order valence-corrected chi connectivity index (χ4v) is 1.99. The molecule has 0 saturated carbocycles. The van der Waals surface area contributed by atoms with Gasteiger partial charge in [0.2, 0.25) is 0 Å². The second kappa shape index (κ2) is 6.45. The maximum atomic E-state index is 5.84. The van der Waals surface area contributed by atoms with E-state index in [0.717, 1.165) is 43.1 Å². The third-order valence-electron chi connectivity index (χ3n) is 3.00. The summed E-state index contributed by atoms with van der Waals surface area (Å²) in [4.78, 5) is 0. The molecular weight excluding hydrogens is 226 g/mol. The molecule has 2 aromatic heterocycles. The Morgan fingerprint density at radius 1 is 1.17 bits per heavy atom. The van der Waals surface area contributed by atoms with E-state index in [-0.39, 0.29) is 6.04 Å². The van der Waals surface area contributed by atoms with Gasteiger partial charge in [0.05, 0.1) is 12.3 Å². The molecule has 0 aliphatic heterocycles. The number of rotatable bonds is 7. The van der Waals surface area contributed by atoms with Crippen LogP contribution in [0.5, 0.6) is 0 Å². The molecule has 2 rings (SSSR count). The summed E-state index contributed by atoms with van der Waals surface area (Å²) in [7, 11) is 0. The molecule has 98 valence electrons. The Morgan fingerprint density at radius 3 is 2.67 bits per heavy atom. The van der Waals surface area contributed by atoms with E-state index >= 15 is 0 Å². The van der Waals surface area contributed by atoms with E-state index < -0.39 is 0 Å². The van der Waals surface area contributed by atoms with Crippen molar-refractivity contribution in [2.24, 2.45) is 0 Å². The molecule has 2 aromatic rings. The molecule has 0 saturated heterocycles. The van der Waals surface area contributed by atoms with Gasteiger partial charge in [-0.3, -0.25) is 0 Å². The zero-order chi connectivity index (χ0) is 12.8. The van der Waals surface area contributed by atoms with Gasteiger partial charge in [-0.2, -0.15) is 0 Å². The summed E-state index contributed by atoms with van der Waals surface area (Å²) in [6, 6.07) is 8.24. The minimum atomic E-state index is 0.191. The van der Waals surface area contributed by atoms with Crippen LogP contribution in [0, 0.1) is 0 Å². The summed E-state index contributed by atoms with van der Waals surface area (Å²) in [5.41, 5.74) is 0. The van der Waals surface area contributed by atoms with Crippen molar-refractivity contribution in [1.82, 2.24) is 5.32 Å². The number of aryl methyl sites for hydroxylation is 1. The first-order valence-corrected chi connectivity index (χ1v) is 6.67. The molecule has 1 N–H and O–H groups in total. The first-order chi connectivity index (χ1) is 8.83. The van der Waals surface area contributed by atoms with Crippen molar-refractivity contribution in [3.8, 4) is 0 Å². The van der Waals surface area contributed by atoms with Crippen LogP contribution in [-0.4, -0.2) is 6.54 Å². The Balaban J connectivity index is 2.08. The van der Waals surface area contributed by atoms with Crippen LogP contribution >= 0.6 is 0 Å². The summed E-state index contributed by atoms with van der Waals surface area (Å²) in [5.74, 6) is 3.02. The van der Waals surface area contributed by atoms with E-state index in [1.165, 1.54) is 0 Å². The van der Waals surface area contributed by atoms with Crippen molar-refractivity contribution < 1.29 is 8.83 Å². The minimum Gasteiger partial charge on any atom is -0.469 e. The van der Waals surface area contributed by atoms with Gasteiger partial charge in [0.15, 0.2) is 0 Å². The number of nitrogens with one attached hydrogen (secondary N) is 1. The van der Waals surface area contributed by atoms with Crippen molar-refractivity contribution in [3.05, 3.63) is 47.8 Å². The number of hydrogen-bond donors (Lipinski definition) is 1. The predicted molar refractivity (Wildman–Crippen MR) is 71.5 cm³/mol. The Bertz CT molecular complexity index is 445. The van der Waals surface area contributed by atoms with Crippen LogP contribution < -0.4 is 5.32 Å². The molecule has 3 nitrogen and oxygen atoms in total. The third-order valence-corrected chi connectivity index (χ3v) is 3.00. The van der Waals surface area contributed by atoms with Crippen molar-refractivity contribution in [2.45, 2.75) is 39.2 Å². The Hall–Kier alpha value is -1.48. The first kappa shape index (κ1) is 13.0. The van der Waals surface area contributed by atoms with Gasteiger partial charge >= 0.3 is 0 Å². The highest BCUT2D eigenvalue weighted by atomic mass is 16.3. The molecule has 0 radical (unpaired) electrons. The van der Waals surface area contributed by atoms with Crippen LogP contribution in [0.3, 0.4) is 0 Å². The van der Waals surface area contributed by atoms with E-state index in [0.29, 0.717) is 0 Å². The summed E-state index contributed by atoms with van der Waals surface area (Å²) in [6.07, 6.45) is 4.58. The number of hydrogen-bond acceptors (Lipinski definition) is 3. The highest BCUT2D eigenvalue weighted by molar-refractivity contribution is 5.13. The van der Waals surface area contributed by atoms with Crippen LogP contribution in [0.4, 0.5) is 0 Å². The summed E-state index contributed by atoms with van der Waals surface area (Å²) in [6.45, 7) is 5.24. The average Bonchev–Trinajstić information content (AvgIpc) is 3.05. The van der Waals surface area contributed by atoms with Gasteiger partial charge in [-0.15, -0.1) is 0 Å². The molecule has 0 aliphatic carbocycles. The molecule has 0 spiro atoms. The van der Waals surface area contributed by atoms with E-state index in [4.69, 9.17) is 8.83 Å². The molecule has 0 bridgehead atoms. The quantitative estimate of drug-likeness (QED) is 0.810. The van der Waals surface area contributed by atoms with Gasteiger partial charge < -0.3 is 14.2 Å². The standard InChI is InChI=1S/C15H21NO2/c1-3-9-16-14(11-13-6-5-10-17-13)15-8-7-12(4-2)18-15/h5-8,10,14,16H,3-4,9,11H2,1-2H3. The molecule has 0 fully saturated rings. The molecule has 2 heterocycles. The van der Waals surface area contributed by atoms with E-state index in [9.17, 15) is 0 Å². The fourth-order valence-electron chi connectivity index (χ4n) is 1.99. The van der Waals surface area contributed by atoms with E-state index in [2.05, 4.69) is 31.3 Å². The molecule has 18 heavy (non-hydrogen) atoms. The highest BCUT2D eigenvalue weighted by Crippen LogP contribution is 2.21. The third kappa shape index (κ3) is 3.26. The van der Waals surface area contributed by atoms with E-state index in [1.54, 1.807) is 6.26 Å². The van der Waals surface area contributed by atoms with Crippen molar-refractivity contribution in [2.75, 3.05) is 6.54 Å². The van der Waals surface area contributed by atoms with Gasteiger partial charge in [0.1, 0.15) is 17.3 Å². The van der Waals surface area contributed by atoms with E-state index in [1.807, 2.05) is 12.1 Å². The van der Waals surface area contributed by atoms with Gasteiger partial charge in [-0.1, -0.05) is 13.8 Å². The number of furan rings is 2. The summed E-state index contributed by atoms with van der Waals surface area (Å²) >= 11 is 0. The highest BCUT2D eigenvalue weighted by Gasteiger charge is 2.16. The Labute approximate surface area is 108 Å². The van der Waals surface area contributed by atoms with Crippen LogP contribution in [0.25, 0.3) is 0 Å². The second-order valence-corrected chi connectivity index (χ2v) is 4.45. The molecule has 1 unspecified atom stereocenters. The largest absolute Gasteiger partial charge is 0.469 e. The molecule has 0 aromatic carbocycles. The lowest BCUT2D eigenvalue weighted by atomic mass is 10.1. The van der Waals surface area contributed by atoms with Crippen LogP contribution in [0.15, 0.2) is 39.4 Å². The minimum absolute atomic E-state index is 0.191. The lowest BCUT2D eigenvalue weighted by molar-refractivity contribution is 0.372. The molecule has 0 aliphatic rings. The summed E-state index contributed by atoms with van der Waals surface area (Å²) < 4.78 is 11.3. The monoisotopic (exact) mass is 247 g/mol.